The van der Waals surface area contributed by atoms with Gasteiger partial charge in [-0.25, -0.2) is 4.79 Å². The van der Waals surface area contributed by atoms with Gasteiger partial charge in [0.2, 0.25) is 0 Å². The zero-order valence-electron chi connectivity index (χ0n) is 8.40. The van der Waals surface area contributed by atoms with E-state index in [-0.39, 0.29) is 11.8 Å². The second-order valence-electron chi connectivity index (χ2n) is 3.97. The fourth-order valence-corrected chi connectivity index (χ4v) is 2.11. The number of rotatable bonds is 1. The van der Waals surface area contributed by atoms with Crippen LogP contribution in [0.3, 0.4) is 0 Å². The number of aromatic nitrogens is 2. The van der Waals surface area contributed by atoms with Crippen molar-refractivity contribution in [3.63, 3.8) is 0 Å². The van der Waals surface area contributed by atoms with Crippen molar-refractivity contribution < 1.29 is 5.11 Å². The molecular formula is C10H14N2O3. The van der Waals surface area contributed by atoms with Gasteiger partial charge in [-0.05, 0) is 12.8 Å². The lowest BCUT2D eigenvalue weighted by Gasteiger charge is -2.23. The molecule has 15 heavy (non-hydrogen) atoms. The van der Waals surface area contributed by atoms with Crippen molar-refractivity contribution in [3.05, 3.63) is 27.0 Å². The Bertz CT molecular complexity index is 454. The van der Waals surface area contributed by atoms with Crippen molar-refractivity contribution in [2.75, 3.05) is 0 Å². The molecule has 0 amide bonds. The Morgan fingerprint density at radius 2 is 1.93 bits per heavy atom. The first-order chi connectivity index (χ1) is 7.18. The van der Waals surface area contributed by atoms with Crippen molar-refractivity contribution in [1.82, 2.24) is 9.55 Å². The summed E-state index contributed by atoms with van der Waals surface area (Å²) in [5.41, 5.74) is -1.14. The summed E-state index contributed by atoms with van der Waals surface area (Å²) >= 11 is 0. The van der Waals surface area contributed by atoms with E-state index < -0.39 is 11.2 Å². The number of hydrogen-bond acceptors (Lipinski definition) is 3. The van der Waals surface area contributed by atoms with Crippen LogP contribution >= 0.6 is 0 Å². The molecular weight excluding hydrogens is 196 g/mol. The quantitative estimate of drug-likeness (QED) is 0.718. The molecule has 1 aromatic rings. The first-order valence-corrected chi connectivity index (χ1v) is 5.23. The van der Waals surface area contributed by atoms with E-state index in [1.807, 2.05) is 0 Å². The molecule has 1 aliphatic carbocycles. The van der Waals surface area contributed by atoms with E-state index in [0.717, 1.165) is 25.7 Å². The summed E-state index contributed by atoms with van der Waals surface area (Å²) in [6.07, 6.45) is 6.50. The molecule has 1 saturated carbocycles. The third-order valence-corrected chi connectivity index (χ3v) is 2.92. The zero-order chi connectivity index (χ0) is 10.8. The number of aromatic hydroxyl groups is 1. The van der Waals surface area contributed by atoms with Crippen LogP contribution in [0.5, 0.6) is 5.75 Å². The van der Waals surface area contributed by atoms with Crippen LogP contribution < -0.4 is 11.2 Å². The van der Waals surface area contributed by atoms with E-state index in [4.69, 9.17) is 0 Å². The number of H-pyrrole nitrogens is 1. The van der Waals surface area contributed by atoms with Gasteiger partial charge in [0.05, 0.1) is 6.20 Å². The van der Waals surface area contributed by atoms with E-state index in [1.54, 1.807) is 0 Å². The second kappa shape index (κ2) is 3.92. The molecule has 0 radical (unpaired) electrons. The maximum absolute atomic E-state index is 11.5. The van der Waals surface area contributed by atoms with Crippen molar-refractivity contribution >= 4 is 0 Å². The van der Waals surface area contributed by atoms with Crippen LogP contribution in [0.2, 0.25) is 0 Å². The molecule has 1 aliphatic rings. The van der Waals surface area contributed by atoms with Crippen LogP contribution in [0, 0.1) is 0 Å². The Morgan fingerprint density at radius 3 is 2.60 bits per heavy atom. The maximum atomic E-state index is 11.5. The molecule has 0 saturated heterocycles. The minimum Gasteiger partial charge on any atom is -0.502 e. The van der Waals surface area contributed by atoms with Crippen LogP contribution in [0.15, 0.2) is 15.8 Å². The van der Waals surface area contributed by atoms with Crippen LogP contribution in [0.25, 0.3) is 0 Å². The van der Waals surface area contributed by atoms with Gasteiger partial charge in [-0.15, -0.1) is 0 Å². The lowest BCUT2D eigenvalue weighted by Crippen LogP contribution is -2.32. The van der Waals surface area contributed by atoms with E-state index in [1.165, 1.54) is 17.2 Å². The average molecular weight is 210 g/mol. The molecule has 2 N–H and O–H groups in total. The minimum atomic E-state index is -0.716. The van der Waals surface area contributed by atoms with Gasteiger partial charge in [0.15, 0.2) is 5.75 Å². The molecule has 2 rings (SSSR count). The van der Waals surface area contributed by atoms with Crippen LogP contribution in [0.1, 0.15) is 38.1 Å². The van der Waals surface area contributed by atoms with Crippen molar-refractivity contribution in [2.24, 2.45) is 0 Å². The predicted octanol–water partition coefficient (Wildman–Crippen LogP) is 0.747. The van der Waals surface area contributed by atoms with Crippen molar-refractivity contribution in [1.29, 1.82) is 0 Å². The highest BCUT2D eigenvalue weighted by Gasteiger charge is 2.17. The molecule has 0 unspecified atom stereocenters. The Balaban J connectivity index is 2.39. The van der Waals surface area contributed by atoms with E-state index in [9.17, 15) is 14.7 Å². The summed E-state index contributed by atoms with van der Waals surface area (Å²) in [5, 5.41) is 9.25. The standard InChI is InChI=1S/C10H14N2O3/c13-8-6-12(10(15)11-9(8)14)7-4-2-1-3-5-7/h6-7,13H,1-5H2,(H,11,14,15). The van der Waals surface area contributed by atoms with Gasteiger partial charge in [-0.1, -0.05) is 19.3 Å². The van der Waals surface area contributed by atoms with E-state index >= 15 is 0 Å². The fourth-order valence-electron chi connectivity index (χ4n) is 2.11. The average Bonchev–Trinajstić information content (AvgIpc) is 2.25. The summed E-state index contributed by atoms with van der Waals surface area (Å²) in [5.74, 6) is -0.389. The molecule has 1 fully saturated rings. The summed E-state index contributed by atoms with van der Waals surface area (Å²) in [4.78, 5) is 24.5. The molecule has 5 nitrogen and oxygen atoms in total. The molecule has 0 bridgehead atoms. The maximum Gasteiger partial charge on any atom is 0.328 e. The molecule has 1 aromatic heterocycles. The van der Waals surface area contributed by atoms with Gasteiger partial charge < -0.3 is 5.11 Å². The number of aromatic amines is 1. The number of nitrogens with one attached hydrogen (secondary N) is 1. The van der Waals surface area contributed by atoms with Gasteiger partial charge in [-0.2, -0.15) is 0 Å². The Kier molecular flexibility index (Phi) is 2.62. The van der Waals surface area contributed by atoms with Crippen molar-refractivity contribution in [2.45, 2.75) is 38.1 Å². The Labute approximate surface area is 86.4 Å². The molecule has 0 atom stereocenters. The summed E-state index contributed by atoms with van der Waals surface area (Å²) in [7, 11) is 0. The lowest BCUT2D eigenvalue weighted by molar-refractivity contribution is 0.335. The van der Waals surface area contributed by atoms with E-state index in [2.05, 4.69) is 4.98 Å². The van der Waals surface area contributed by atoms with Gasteiger partial charge in [0.1, 0.15) is 0 Å². The third kappa shape index (κ3) is 1.95. The summed E-state index contributed by atoms with van der Waals surface area (Å²) < 4.78 is 1.44. The summed E-state index contributed by atoms with van der Waals surface area (Å²) in [6.45, 7) is 0. The minimum absolute atomic E-state index is 0.119. The number of nitrogens with zero attached hydrogens (tertiary/aromatic N) is 1. The van der Waals surface area contributed by atoms with Gasteiger partial charge in [0, 0.05) is 6.04 Å². The van der Waals surface area contributed by atoms with E-state index in [0.29, 0.717) is 0 Å². The smallest absolute Gasteiger partial charge is 0.328 e. The Morgan fingerprint density at radius 1 is 1.27 bits per heavy atom. The first-order valence-electron chi connectivity index (χ1n) is 5.23. The third-order valence-electron chi connectivity index (χ3n) is 2.92. The molecule has 0 spiro atoms. The topological polar surface area (TPSA) is 75.1 Å². The monoisotopic (exact) mass is 210 g/mol. The molecule has 82 valence electrons. The number of hydrogen-bond donors (Lipinski definition) is 2. The zero-order valence-corrected chi connectivity index (χ0v) is 8.40. The van der Waals surface area contributed by atoms with Crippen molar-refractivity contribution in [3.8, 4) is 5.75 Å². The first kappa shape index (κ1) is 10.0. The SMILES string of the molecule is O=c1[nH]c(=O)n(C2CCCCC2)cc1O. The van der Waals surface area contributed by atoms with Gasteiger partial charge in [-0.3, -0.25) is 14.3 Å². The molecule has 0 aromatic carbocycles. The highest BCUT2D eigenvalue weighted by atomic mass is 16.3. The largest absolute Gasteiger partial charge is 0.502 e. The second-order valence-corrected chi connectivity index (χ2v) is 3.97. The molecule has 0 aliphatic heterocycles. The van der Waals surface area contributed by atoms with Crippen LogP contribution in [0.4, 0.5) is 0 Å². The molecule has 1 heterocycles. The van der Waals surface area contributed by atoms with Crippen LogP contribution in [-0.2, 0) is 0 Å². The Hall–Kier alpha value is -1.52. The molecule has 5 heteroatoms. The van der Waals surface area contributed by atoms with Crippen LogP contribution in [-0.4, -0.2) is 14.7 Å². The summed E-state index contributed by atoms with van der Waals surface area (Å²) in [6, 6.07) is 0.119. The highest BCUT2D eigenvalue weighted by molar-refractivity contribution is 5.09. The highest BCUT2D eigenvalue weighted by Crippen LogP contribution is 2.26. The predicted molar refractivity (Wildman–Crippen MR) is 55.1 cm³/mol. The lowest BCUT2D eigenvalue weighted by atomic mass is 9.95. The van der Waals surface area contributed by atoms with Gasteiger partial charge in [0.25, 0.3) is 5.56 Å². The normalized spacial score (nSPS) is 17.9. The van der Waals surface area contributed by atoms with Gasteiger partial charge >= 0.3 is 5.69 Å². The fraction of sp³-hybridized carbons (Fsp3) is 0.600.